The molecule has 4 rings (SSSR count). The summed E-state index contributed by atoms with van der Waals surface area (Å²) in [6, 6.07) is 21.2. The Hall–Kier alpha value is -3.23. The van der Waals surface area contributed by atoms with E-state index >= 15 is 0 Å². The molecule has 0 spiro atoms. The Morgan fingerprint density at radius 1 is 0.969 bits per heavy atom. The van der Waals surface area contributed by atoms with Gasteiger partial charge in [0.1, 0.15) is 11.1 Å². The van der Waals surface area contributed by atoms with Crippen molar-refractivity contribution < 1.29 is 9.18 Å². The van der Waals surface area contributed by atoms with Crippen molar-refractivity contribution in [1.82, 2.24) is 10.2 Å². The summed E-state index contributed by atoms with van der Waals surface area (Å²) < 4.78 is 13.9. The molecule has 0 bridgehead atoms. The van der Waals surface area contributed by atoms with Crippen LogP contribution in [0.25, 0.3) is 0 Å². The highest BCUT2D eigenvalue weighted by Gasteiger charge is 2.24. The molecule has 0 aliphatic heterocycles. The zero-order valence-corrected chi connectivity index (χ0v) is 19.1. The summed E-state index contributed by atoms with van der Waals surface area (Å²) in [4.78, 5) is 13.1. The van der Waals surface area contributed by atoms with Crippen LogP contribution in [0.1, 0.15) is 21.9 Å². The van der Waals surface area contributed by atoms with Crippen LogP contribution in [0.15, 0.2) is 77.1 Å². The van der Waals surface area contributed by atoms with Crippen molar-refractivity contribution >= 4 is 45.5 Å². The molecule has 1 unspecified atom stereocenters. The van der Waals surface area contributed by atoms with Crippen LogP contribution >= 0.6 is 23.1 Å². The topological polar surface area (TPSA) is 66.9 Å². The molecule has 1 atom stereocenters. The normalized spacial score (nSPS) is 11.7. The van der Waals surface area contributed by atoms with Gasteiger partial charge in [-0.2, -0.15) is 0 Å². The van der Waals surface area contributed by atoms with Gasteiger partial charge in [-0.25, -0.2) is 4.39 Å². The Morgan fingerprint density at radius 2 is 1.72 bits per heavy atom. The number of carbonyl (C=O) groups excluding carboxylic acids is 1. The van der Waals surface area contributed by atoms with Gasteiger partial charge in [-0.05, 0) is 60.9 Å². The Balaban J connectivity index is 1.53. The SMILES string of the molecule is Cc1cccc(Nc2nnc(SC(C(=O)Nc3ccc(F)cc3)c3ccccc3)s2)c1C. The fraction of sp³-hybridized carbons (Fsp3) is 0.125. The first kappa shape index (κ1) is 22.0. The van der Waals surface area contributed by atoms with E-state index in [0.29, 0.717) is 15.2 Å². The van der Waals surface area contributed by atoms with Gasteiger partial charge in [0.25, 0.3) is 0 Å². The highest BCUT2D eigenvalue weighted by Crippen LogP contribution is 2.39. The second kappa shape index (κ2) is 9.93. The molecule has 0 aliphatic carbocycles. The Kier molecular flexibility index (Phi) is 6.82. The molecule has 1 heterocycles. The van der Waals surface area contributed by atoms with Gasteiger partial charge < -0.3 is 10.6 Å². The van der Waals surface area contributed by atoms with Gasteiger partial charge in [-0.3, -0.25) is 4.79 Å². The predicted molar refractivity (Wildman–Crippen MR) is 129 cm³/mol. The molecular formula is C24H21FN4OS2. The molecule has 3 aromatic carbocycles. The molecule has 1 amide bonds. The van der Waals surface area contributed by atoms with E-state index in [4.69, 9.17) is 0 Å². The van der Waals surface area contributed by atoms with E-state index < -0.39 is 5.25 Å². The van der Waals surface area contributed by atoms with Crippen LogP contribution in [0.3, 0.4) is 0 Å². The van der Waals surface area contributed by atoms with E-state index in [-0.39, 0.29) is 11.7 Å². The van der Waals surface area contributed by atoms with Gasteiger partial charge >= 0.3 is 0 Å². The zero-order valence-electron chi connectivity index (χ0n) is 17.5. The lowest BCUT2D eigenvalue weighted by atomic mass is 10.1. The summed E-state index contributed by atoms with van der Waals surface area (Å²) in [6.07, 6.45) is 0. The molecule has 0 aliphatic rings. The van der Waals surface area contributed by atoms with Crippen LogP contribution in [0.2, 0.25) is 0 Å². The minimum Gasteiger partial charge on any atom is -0.330 e. The van der Waals surface area contributed by atoms with E-state index in [0.717, 1.165) is 16.8 Å². The van der Waals surface area contributed by atoms with E-state index in [1.165, 1.54) is 52.9 Å². The lowest BCUT2D eigenvalue weighted by Gasteiger charge is -2.15. The number of anilines is 3. The second-order valence-electron chi connectivity index (χ2n) is 7.15. The summed E-state index contributed by atoms with van der Waals surface area (Å²) in [5.74, 6) is -0.568. The van der Waals surface area contributed by atoms with E-state index in [1.54, 1.807) is 0 Å². The second-order valence-corrected chi connectivity index (χ2v) is 9.48. The molecule has 0 radical (unpaired) electrons. The maximum Gasteiger partial charge on any atom is 0.242 e. The third-order valence-electron chi connectivity index (χ3n) is 4.92. The number of nitrogens with zero attached hydrogens (tertiary/aromatic N) is 2. The first-order chi connectivity index (χ1) is 15.5. The smallest absolute Gasteiger partial charge is 0.242 e. The number of hydrogen-bond donors (Lipinski definition) is 2. The number of halogens is 1. The van der Waals surface area contributed by atoms with Crippen molar-refractivity contribution in [2.24, 2.45) is 0 Å². The highest BCUT2D eigenvalue weighted by atomic mass is 32.2. The van der Waals surface area contributed by atoms with Gasteiger partial charge in [-0.1, -0.05) is 65.6 Å². The maximum absolute atomic E-state index is 13.2. The first-order valence-corrected chi connectivity index (χ1v) is 11.6. The Bertz CT molecular complexity index is 1210. The minimum atomic E-state index is -0.539. The summed E-state index contributed by atoms with van der Waals surface area (Å²) in [5.41, 5.74) is 4.70. The van der Waals surface area contributed by atoms with Crippen molar-refractivity contribution in [1.29, 1.82) is 0 Å². The van der Waals surface area contributed by atoms with Gasteiger partial charge in [0, 0.05) is 11.4 Å². The monoisotopic (exact) mass is 464 g/mol. The quantitative estimate of drug-likeness (QED) is 0.305. The summed E-state index contributed by atoms with van der Waals surface area (Å²) in [6.45, 7) is 4.12. The number of aromatic nitrogens is 2. The van der Waals surface area contributed by atoms with Gasteiger partial charge in [0.2, 0.25) is 11.0 Å². The molecule has 0 fully saturated rings. The van der Waals surface area contributed by atoms with E-state index in [1.807, 2.05) is 42.5 Å². The van der Waals surface area contributed by atoms with Gasteiger partial charge in [0.05, 0.1) is 0 Å². The van der Waals surface area contributed by atoms with E-state index in [2.05, 4.69) is 40.7 Å². The molecule has 0 saturated heterocycles. The summed E-state index contributed by atoms with van der Waals surface area (Å²) >= 11 is 2.72. The van der Waals surface area contributed by atoms with E-state index in [9.17, 15) is 9.18 Å². The Labute approximate surface area is 194 Å². The number of hydrogen-bond acceptors (Lipinski definition) is 6. The third kappa shape index (κ3) is 5.33. The van der Waals surface area contributed by atoms with Crippen molar-refractivity contribution in [3.63, 3.8) is 0 Å². The lowest BCUT2D eigenvalue weighted by molar-refractivity contribution is -0.115. The van der Waals surface area contributed by atoms with Crippen LogP contribution < -0.4 is 10.6 Å². The number of amides is 1. The highest BCUT2D eigenvalue weighted by molar-refractivity contribution is 8.02. The average Bonchev–Trinajstić information content (AvgIpc) is 3.24. The third-order valence-corrected chi connectivity index (χ3v) is 7.10. The fourth-order valence-electron chi connectivity index (χ4n) is 3.05. The molecule has 5 nitrogen and oxygen atoms in total. The maximum atomic E-state index is 13.2. The Morgan fingerprint density at radius 3 is 2.47 bits per heavy atom. The molecule has 8 heteroatoms. The molecule has 2 N–H and O–H groups in total. The molecule has 1 aromatic heterocycles. The number of benzene rings is 3. The van der Waals surface area contributed by atoms with Gasteiger partial charge in [-0.15, -0.1) is 10.2 Å². The number of nitrogens with one attached hydrogen (secondary N) is 2. The zero-order chi connectivity index (χ0) is 22.5. The fourth-order valence-corrected chi connectivity index (χ4v) is 5.01. The number of rotatable bonds is 7. The van der Waals surface area contributed by atoms with Crippen molar-refractivity contribution in [3.05, 3.63) is 95.3 Å². The molecule has 0 saturated carbocycles. The molecular weight excluding hydrogens is 443 g/mol. The number of aryl methyl sites for hydroxylation is 1. The standard InChI is InChI=1S/C24H21FN4OS2/c1-15-7-6-10-20(16(15)2)27-23-28-29-24(32-23)31-21(17-8-4-3-5-9-17)22(30)26-19-13-11-18(25)12-14-19/h3-14,21H,1-2H3,(H,26,30)(H,27,28). The predicted octanol–water partition coefficient (Wildman–Crippen LogP) is 6.51. The van der Waals surface area contributed by atoms with Crippen LogP contribution in [0.5, 0.6) is 0 Å². The minimum absolute atomic E-state index is 0.216. The van der Waals surface area contributed by atoms with Crippen LogP contribution in [-0.2, 0) is 4.79 Å². The average molecular weight is 465 g/mol. The molecule has 32 heavy (non-hydrogen) atoms. The summed E-state index contributed by atoms with van der Waals surface area (Å²) in [5, 5.41) is 14.8. The van der Waals surface area contributed by atoms with Crippen LogP contribution in [0.4, 0.5) is 20.9 Å². The van der Waals surface area contributed by atoms with Crippen molar-refractivity contribution in [2.75, 3.05) is 10.6 Å². The molecule has 162 valence electrons. The largest absolute Gasteiger partial charge is 0.330 e. The summed E-state index contributed by atoms with van der Waals surface area (Å²) in [7, 11) is 0. The lowest BCUT2D eigenvalue weighted by Crippen LogP contribution is -2.19. The van der Waals surface area contributed by atoms with Crippen LogP contribution in [-0.4, -0.2) is 16.1 Å². The van der Waals surface area contributed by atoms with Crippen molar-refractivity contribution in [3.8, 4) is 0 Å². The van der Waals surface area contributed by atoms with Crippen molar-refractivity contribution in [2.45, 2.75) is 23.4 Å². The number of carbonyl (C=O) groups is 1. The van der Waals surface area contributed by atoms with Crippen LogP contribution in [0, 0.1) is 19.7 Å². The van der Waals surface area contributed by atoms with Gasteiger partial charge in [0.15, 0.2) is 4.34 Å². The molecule has 4 aromatic rings. The number of thioether (sulfide) groups is 1. The first-order valence-electron chi connectivity index (χ1n) is 9.94.